The second kappa shape index (κ2) is 12.2. The molecule has 0 amide bonds. The SMILES string of the molecule is CCSC(SCC)C(OC(C)=O)C(OC(C)=O)C(C=O)OC(C)=O. The third-order valence-electron chi connectivity index (χ3n) is 2.62. The van der Waals surface area contributed by atoms with Crippen LogP contribution in [0, 0.1) is 0 Å². The Morgan fingerprint density at radius 2 is 1.25 bits per heavy atom. The second-order valence-corrected chi connectivity index (χ2v) is 7.77. The number of hydrogen-bond donors (Lipinski definition) is 0. The van der Waals surface area contributed by atoms with Gasteiger partial charge in [0.1, 0.15) is 0 Å². The van der Waals surface area contributed by atoms with Crippen molar-refractivity contribution in [1.82, 2.24) is 0 Å². The van der Waals surface area contributed by atoms with E-state index in [1.807, 2.05) is 13.8 Å². The molecule has 0 heterocycles. The molecule has 138 valence electrons. The molecule has 0 fully saturated rings. The monoisotopic (exact) mass is 380 g/mol. The van der Waals surface area contributed by atoms with Crippen LogP contribution in [0.15, 0.2) is 0 Å². The maximum Gasteiger partial charge on any atom is 0.303 e. The fraction of sp³-hybridized carbons (Fsp3) is 0.733. The van der Waals surface area contributed by atoms with E-state index in [2.05, 4.69) is 0 Å². The molecule has 0 aliphatic carbocycles. The summed E-state index contributed by atoms with van der Waals surface area (Å²) < 4.78 is 15.2. The summed E-state index contributed by atoms with van der Waals surface area (Å²) >= 11 is 2.98. The highest BCUT2D eigenvalue weighted by atomic mass is 32.2. The normalized spacial score (nSPS) is 14.4. The van der Waals surface area contributed by atoms with Crippen molar-refractivity contribution < 1.29 is 33.4 Å². The molecule has 0 spiro atoms. The summed E-state index contributed by atoms with van der Waals surface area (Å²) in [6.45, 7) is 7.40. The van der Waals surface area contributed by atoms with Gasteiger partial charge in [0.25, 0.3) is 0 Å². The van der Waals surface area contributed by atoms with E-state index in [0.29, 0.717) is 6.29 Å². The molecule has 7 nitrogen and oxygen atoms in total. The van der Waals surface area contributed by atoms with E-state index in [9.17, 15) is 19.2 Å². The van der Waals surface area contributed by atoms with Gasteiger partial charge in [0, 0.05) is 20.8 Å². The van der Waals surface area contributed by atoms with Crippen molar-refractivity contribution >= 4 is 47.7 Å². The molecule has 0 N–H and O–H groups in total. The van der Waals surface area contributed by atoms with E-state index in [4.69, 9.17) is 14.2 Å². The summed E-state index contributed by atoms with van der Waals surface area (Å²) in [6.07, 6.45) is -3.13. The van der Waals surface area contributed by atoms with Crippen LogP contribution < -0.4 is 0 Å². The van der Waals surface area contributed by atoms with Crippen molar-refractivity contribution in [2.75, 3.05) is 11.5 Å². The first-order valence-electron chi connectivity index (χ1n) is 7.46. The number of aldehydes is 1. The third-order valence-corrected chi connectivity index (χ3v) is 5.29. The molecule has 3 unspecified atom stereocenters. The predicted octanol–water partition coefficient (Wildman–Crippen LogP) is 1.81. The minimum absolute atomic E-state index is 0.286. The quantitative estimate of drug-likeness (QED) is 0.230. The Kier molecular flexibility index (Phi) is 11.6. The Hall–Kier alpha value is -1.22. The van der Waals surface area contributed by atoms with Gasteiger partial charge in [-0.05, 0) is 11.5 Å². The fourth-order valence-corrected chi connectivity index (χ4v) is 4.57. The van der Waals surface area contributed by atoms with Gasteiger partial charge >= 0.3 is 17.9 Å². The maximum atomic E-state index is 11.5. The molecule has 0 aromatic rings. The van der Waals surface area contributed by atoms with E-state index in [-0.39, 0.29) is 4.58 Å². The Morgan fingerprint density at radius 3 is 1.58 bits per heavy atom. The zero-order valence-corrected chi connectivity index (χ0v) is 16.1. The molecule has 0 aliphatic heterocycles. The number of esters is 3. The zero-order valence-electron chi connectivity index (χ0n) is 14.5. The van der Waals surface area contributed by atoms with E-state index < -0.39 is 36.2 Å². The van der Waals surface area contributed by atoms with Gasteiger partial charge in [-0.1, -0.05) is 13.8 Å². The van der Waals surface area contributed by atoms with Gasteiger partial charge in [-0.2, -0.15) is 0 Å². The van der Waals surface area contributed by atoms with Crippen LogP contribution >= 0.6 is 23.5 Å². The van der Waals surface area contributed by atoms with Crippen LogP contribution in [0.1, 0.15) is 34.6 Å². The number of hydrogen-bond acceptors (Lipinski definition) is 9. The molecule has 0 rings (SSSR count). The molecule has 0 bridgehead atoms. The summed E-state index contributed by atoms with van der Waals surface area (Å²) in [5.41, 5.74) is 0. The molecular weight excluding hydrogens is 356 g/mol. The van der Waals surface area contributed by atoms with E-state index in [1.54, 1.807) is 0 Å². The van der Waals surface area contributed by atoms with E-state index >= 15 is 0 Å². The fourth-order valence-electron chi connectivity index (χ4n) is 1.91. The minimum atomic E-state index is -1.35. The average Bonchev–Trinajstić information content (AvgIpc) is 2.47. The molecular formula is C15H24O7S2. The van der Waals surface area contributed by atoms with Crippen molar-refractivity contribution in [2.24, 2.45) is 0 Å². The van der Waals surface area contributed by atoms with Crippen LogP contribution in [-0.4, -0.2) is 58.6 Å². The van der Waals surface area contributed by atoms with Crippen LogP contribution in [0.25, 0.3) is 0 Å². The number of rotatable bonds is 11. The highest BCUT2D eigenvalue weighted by molar-refractivity contribution is 8.17. The summed E-state index contributed by atoms with van der Waals surface area (Å²) in [7, 11) is 0. The summed E-state index contributed by atoms with van der Waals surface area (Å²) in [4.78, 5) is 45.6. The van der Waals surface area contributed by atoms with E-state index in [1.165, 1.54) is 37.4 Å². The van der Waals surface area contributed by atoms with Crippen LogP contribution in [0.3, 0.4) is 0 Å². The van der Waals surface area contributed by atoms with Crippen LogP contribution in [0.4, 0.5) is 0 Å². The highest BCUT2D eigenvalue weighted by Crippen LogP contribution is 2.32. The lowest BCUT2D eigenvalue weighted by molar-refractivity contribution is -0.181. The van der Waals surface area contributed by atoms with Gasteiger partial charge in [0.05, 0.1) is 4.58 Å². The van der Waals surface area contributed by atoms with Gasteiger partial charge in [-0.25, -0.2) is 0 Å². The molecule has 0 aromatic heterocycles. The Morgan fingerprint density at radius 1 is 0.833 bits per heavy atom. The largest absolute Gasteiger partial charge is 0.456 e. The number of carbonyl (C=O) groups excluding carboxylic acids is 4. The van der Waals surface area contributed by atoms with Gasteiger partial charge in [0.2, 0.25) is 0 Å². The Balaban J connectivity index is 5.73. The predicted molar refractivity (Wildman–Crippen MR) is 92.8 cm³/mol. The number of carbonyl (C=O) groups is 4. The molecule has 0 saturated heterocycles. The third kappa shape index (κ3) is 8.58. The summed E-state index contributed by atoms with van der Waals surface area (Å²) in [5.74, 6) is -0.502. The molecule has 9 heteroatoms. The average molecular weight is 380 g/mol. The molecule has 24 heavy (non-hydrogen) atoms. The lowest BCUT2D eigenvalue weighted by atomic mass is 10.1. The van der Waals surface area contributed by atoms with Gasteiger partial charge in [0.15, 0.2) is 24.6 Å². The van der Waals surface area contributed by atoms with E-state index in [0.717, 1.165) is 18.4 Å². The van der Waals surface area contributed by atoms with Gasteiger partial charge < -0.3 is 14.2 Å². The highest BCUT2D eigenvalue weighted by Gasteiger charge is 2.41. The first kappa shape index (κ1) is 22.8. The molecule has 0 aromatic carbocycles. The lowest BCUT2D eigenvalue weighted by Gasteiger charge is -2.33. The topological polar surface area (TPSA) is 96.0 Å². The van der Waals surface area contributed by atoms with Crippen molar-refractivity contribution in [3.05, 3.63) is 0 Å². The van der Waals surface area contributed by atoms with Crippen LogP contribution in [-0.2, 0) is 33.4 Å². The Labute approximate surface area is 150 Å². The standard InChI is InChI=1S/C15H24O7S2/c1-6-23-15(24-7-2)14(22-11(5)19)13(21-10(4)18)12(8-16)20-9(3)17/h8,12-15H,6-7H2,1-5H3. The Bertz CT molecular complexity index is 436. The molecule has 0 radical (unpaired) electrons. The lowest BCUT2D eigenvalue weighted by Crippen LogP contribution is -2.49. The van der Waals surface area contributed by atoms with Crippen molar-refractivity contribution in [3.8, 4) is 0 Å². The van der Waals surface area contributed by atoms with Crippen molar-refractivity contribution in [3.63, 3.8) is 0 Å². The minimum Gasteiger partial charge on any atom is -0.456 e. The maximum absolute atomic E-state index is 11.5. The number of ether oxygens (including phenoxy) is 3. The summed E-state index contributed by atoms with van der Waals surface area (Å²) in [6, 6.07) is 0. The smallest absolute Gasteiger partial charge is 0.303 e. The van der Waals surface area contributed by atoms with Crippen molar-refractivity contribution in [1.29, 1.82) is 0 Å². The molecule has 0 aliphatic rings. The number of thioether (sulfide) groups is 2. The van der Waals surface area contributed by atoms with Crippen LogP contribution in [0.2, 0.25) is 0 Å². The first-order chi connectivity index (χ1) is 11.3. The second-order valence-electron chi connectivity index (χ2n) is 4.64. The van der Waals surface area contributed by atoms with Gasteiger partial charge in [-0.15, -0.1) is 23.5 Å². The zero-order chi connectivity index (χ0) is 18.7. The van der Waals surface area contributed by atoms with Crippen molar-refractivity contribution in [2.45, 2.75) is 57.5 Å². The summed E-state index contributed by atoms with van der Waals surface area (Å²) in [5, 5.41) is 0. The van der Waals surface area contributed by atoms with Crippen LogP contribution in [0.5, 0.6) is 0 Å². The molecule has 3 atom stereocenters. The van der Waals surface area contributed by atoms with Gasteiger partial charge in [-0.3, -0.25) is 19.2 Å². The molecule has 0 saturated carbocycles. The first-order valence-corrected chi connectivity index (χ1v) is 9.56.